The molecule has 0 radical (unpaired) electrons. The first-order valence-corrected chi connectivity index (χ1v) is 15.0. The third kappa shape index (κ3) is 9.76. The molecule has 0 aliphatic carbocycles. The van der Waals surface area contributed by atoms with Crippen LogP contribution in [0.2, 0.25) is 5.02 Å². The summed E-state index contributed by atoms with van der Waals surface area (Å²) in [5.74, 6) is 2.28. The van der Waals surface area contributed by atoms with Crippen molar-refractivity contribution < 1.29 is 9.47 Å². The third-order valence-corrected chi connectivity index (χ3v) is 7.22. The number of hydrogen-bond acceptors (Lipinski definition) is 6. The van der Waals surface area contributed by atoms with Gasteiger partial charge in [0.1, 0.15) is 18.1 Å². The summed E-state index contributed by atoms with van der Waals surface area (Å²) in [7, 11) is 0. The average Bonchev–Trinajstić information content (AvgIpc) is 3.00. The Labute approximate surface area is 249 Å². The number of benzene rings is 3. The molecular weight excluding hydrogens is 532 g/mol. The van der Waals surface area contributed by atoms with E-state index >= 15 is 0 Å². The van der Waals surface area contributed by atoms with E-state index in [0.717, 1.165) is 84.5 Å². The number of nitrogens with one attached hydrogen (secondary N) is 1. The van der Waals surface area contributed by atoms with Gasteiger partial charge in [0.15, 0.2) is 0 Å². The lowest BCUT2D eigenvalue weighted by atomic mass is 10.1. The van der Waals surface area contributed by atoms with Gasteiger partial charge in [0.2, 0.25) is 5.95 Å². The molecule has 41 heavy (non-hydrogen) atoms. The second kappa shape index (κ2) is 16.0. The van der Waals surface area contributed by atoms with Gasteiger partial charge in [-0.05, 0) is 98.2 Å². The van der Waals surface area contributed by atoms with Crippen molar-refractivity contribution in [2.45, 2.75) is 46.5 Å². The van der Waals surface area contributed by atoms with Crippen LogP contribution in [0, 0.1) is 0 Å². The van der Waals surface area contributed by atoms with Crippen LogP contribution in [-0.4, -0.2) is 47.7 Å². The molecule has 7 heteroatoms. The van der Waals surface area contributed by atoms with Gasteiger partial charge in [-0.15, -0.1) is 0 Å². The fraction of sp³-hybridized carbons (Fsp3) is 0.353. The van der Waals surface area contributed by atoms with Crippen LogP contribution in [0.3, 0.4) is 0 Å². The first kappa shape index (κ1) is 30.4. The van der Waals surface area contributed by atoms with Crippen molar-refractivity contribution in [1.29, 1.82) is 0 Å². The second-order valence-electron chi connectivity index (χ2n) is 9.95. The molecule has 1 aromatic heterocycles. The highest BCUT2D eigenvalue weighted by atomic mass is 35.5. The Morgan fingerprint density at radius 1 is 0.756 bits per heavy atom. The number of rotatable bonds is 16. The zero-order valence-electron chi connectivity index (χ0n) is 24.4. The van der Waals surface area contributed by atoms with E-state index in [-0.39, 0.29) is 0 Å². The molecule has 0 aliphatic heterocycles. The number of likely N-dealkylation sites (N-methyl/N-ethyl adjacent to an activating group) is 1. The van der Waals surface area contributed by atoms with Gasteiger partial charge in [0.25, 0.3) is 0 Å². The van der Waals surface area contributed by atoms with Crippen LogP contribution >= 0.6 is 11.6 Å². The molecular formula is C34H41ClN4O2. The highest BCUT2D eigenvalue weighted by Gasteiger charge is 2.09. The second-order valence-corrected chi connectivity index (χ2v) is 10.4. The Morgan fingerprint density at radius 3 is 2.07 bits per heavy atom. The van der Waals surface area contributed by atoms with Gasteiger partial charge in [0.05, 0.1) is 12.3 Å². The normalized spacial score (nSPS) is 11.0. The van der Waals surface area contributed by atoms with E-state index in [1.54, 1.807) is 0 Å². The van der Waals surface area contributed by atoms with Gasteiger partial charge in [-0.25, -0.2) is 9.97 Å². The number of aryl methyl sites for hydroxylation is 1. The van der Waals surface area contributed by atoms with Crippen LogP contribution in [-0.2, 0) is 12.8 Å². The van der Waals surface area contributed by atoms with E-state index in [0.29, 0.717) is 19.2 Å². The Bertz CT molecular complexity index is 1320. The van der Waals surface area contributed by atoms with E-state index in [1.165, 1.54) is 5.56 Å². The number of anilines is 2. The van der Waals surface area contributed by atoms with Crippen LogP contribution in [0.25, 0.3) is 11.3 Å². The molecule has 0 saturated heterocycles. The topological polar surface area (TPSA) is 59.5 Å². The summed E-state index contributed by atoms with van der Waals surface area (Å²) >= 11 is 5.98. The molecule has 4 aromatic rings. The monoisotopic (exact) mass is 572 g/mol. The van der Waals surface area contributed by atoms with Crippen molar-refractivity contribution in [2.24, 2.45) is 0 Å². The Morgan fingerprint density at radius 2 is 1.41 bits per heavy atom. The summed E-state index contributed by atoms with van der Waals surface area (Å²) in [6, 6.07) is 26.0. The number of unbranched alkanes of at least 4 members (excludes halogenated alkanes) is 1. The smallest absolute Gasteiger partial charge is 0.227 e. The first-order valence-electron chi connectivity index (χ1n) is 14.6. The SMILES string of the molecule is CCCCc1cc(-c2ccc(OCCc3ccc(Cl)cc3)cc2)nc(Nc2ccc(OCCN(CC)CC)cc2)n1. The summed E-state index contributed by atoms with van der Waals surface area (Å²) in [6.07, 6.45) is 3.92. The number of ether oxygens (including phenoxy) is 2. The van der Waals surface area contributed by atoms with E-state index in [1.807, 2.05) is 60.7 Å². The lowest BCUT2D eigenvalue weighted by Gasteiger charge is -2.18. The molecule has 0 fully saturated rings. The quantitative estimate of drug-likeness (QED) is 0.146. The van der Waals surface area contributed by atoms with Crippen LogP contribution in [0.4, 0.5) is 11.6 Å². The molecule has 0 aliphatic rings. The van der Waals surface area contributed by atoms with Gasteiger partial charge in [-0.1, -0.05) is 50.9 Å². The number of hydrogen-bond donors (Lipinski definition) is 1. The number of halogens is 1. The molecule has 0 unspecified atom stereocenters. The van der Waals surface area contributed by atoms with Crippen molar-refractivity contribution in [2.75, 3.05) is 38.2 Å². The standard InChI is InChI=1S/C34H41ClN4O2/c1-4-7-8-30-25-33(27-11-17-31(18-12-27)40-23-21-26-9-13-28(35)14-10-26)38-34(37-30)36-29-15-19-32(20-16-29)41-24-22-39(5-2)6-3/h9-20,25H,4-8,21-24H2,1-3H3,(H,36,37,38). The van der Waals surface area contributed by atoms with Gasteiger partial charge in [-0.2, -0.15) is 0 Å². The Kier molecular flexibility index (Phi) is 11.8. The molecule has 216 valence electrons. The summed E-state index contributed by atoms with van der Waals surface area (Å²) in [4.78, 5) is 12.0. The minimum absolute atomic E-state index is 0.590. The summed E-state index contributed by atoms with van der Waals surface area (Å²) < 4.78 is 11.9. The fourth-order valence-corrected chi connectivity index (χ4v) is 4.57. The summed E-state index contributed by atoms with van der Waals surface area (Å²) in [5, 5.41) is 4.14. The zero-order valence-corrected chi connectivity index (χ0v) is 25.2. The maximum absolute atomic E-state index is 5.98. The van der Waals surface area contributed by atoms with Gasteiger partial charge in [-0.3, -0.25) is 0 Å². The average molecular weight is 573 g/mol. The van der Waals surface area contributed by atoms with Crippen LogP contribution in [0.5, 0.6) is 11.5 Å². The predicted molar refractivity (Wildman–Crippen MR) is 170 cm³/mol. The van der Waals surface area contributed by atoms with Crippen molar-refractivity contribution in [3.05, 3.63) is 95.1 Å². The largest absolute Gasteiger partial charge is 0.493 e. The van der Waals surface area contributed by atoms with Crippen molar-refractivity contribution in [3.8, 4) is 22.8 Å². The summed E-state index contributed by atoms with van der Waals surface area (Å²) in [5.41, 5.74) is 5.06. The Hall–Kier alpha value is -3.61. The Balaban J connectivity index is 1.39. The number of nitrogens with zero attached hydrogens (tertiary/aromatic N) is 3. The molecule has 0 saturated carbocycles. The van der Waals surface area contributed by atoms with Crippen molar-refractivity contribution in [3.63, 3.8) is 0 Å². The van der Waals surface area contributed by atoms with E-state index < -0.39 is 0 Å². The molecule has 0 bridgehead atoms. The fourth-order valence-electron chi connectivity index (χ4n) is 4.44. The van der Waals surface area contributed by atoms with Gasteiger partial charge >= 0.3 is 0 Å². The lowest BCUT2D eigenvalue weighted by molar-refractivity contribution is 0.223. The number of aromatic nitrogens is 2. The van der Waals surface area contributed by atoms with E-state index in [2.05, 4.69) is 49.2 Å². The predicted octanol–water partition coefficient (Wildman–Crippen LogP) is 8.23. The highest BCUT2D eigenvalue weighted by molar-refractivity contribution is 6.30. The molecule has 0 amide bonds. The highest BCUT2D eigenvalue weighted by Crippen LogP contribution is 2.25. The van der Waals surface area contributed by atoms with Crippen LogP contribution in [0.1, 0.15) is 44.9 Å². The molecule has 6 nitrogen and oxygen atoms in total. The van der Waals surface area contributed by atoms with Gasteiger partial charge < -0.3 is 19.7 Å². The van der Waals surface area contributed by atoms with Crippen LogP contribution in [0.15, 0.2) is 78.9 Å². The molecule has 0 spiro atoms. The molecule has 0 atom stereocenters. The van der Waals surface area contributed by atoms with Crippen molar-refractivity contribution in [1.82, 2.24) is 14.9 Å². The summed E-state index contributed by atoms with van der Waals surface area (Å²) in [6.45, 7) is 10.8. The minimum atomic E-state index is 0.590. The van der Waals surface area contributed by atoms with E-state index in [9.17, 15) is 0 Å². The van der Waals surface area contributed by atoms with Crippen LogP contribution < -0.4 is 14.8 Å². The lowest BCUT2D eigenvalue weighted by Crippen LogP contribution is -2.27. The van der Waals surface area contributed by atoms with Crippen molar-refractivity contribution >= 4 is 23.2 Å². The first-order chi connectivity index (χ1) is 20.1. The maximum atomic E-state index is 5.98. The molecule has 1 heterocycles. The zero-order chi connectivity index (χ0) is 28.9. The molecule has 1 N–H and O–H groups in total. The minimum Gasteiger partial charge on any atom is -0.493 e. The molecule has 3 aromatic carbocycles. The molecule has 4 rings (SSSR count). The van der Waals surface area contributed by atoms with Gasteiger partial charge in [0, 0.05) is 34.9 Å². The third-order valence-electron chi connectivity index (χ3n) is 6.97. The van der Waals surface area contributed by atoms with E-state index in [4.69, 9.17) is 31.0 Å². The maximum Gasteiger partial charge on any atom is 0.227 e.